The zero-order chi connectivity index (χ0) is 14.9. The molecule has 0 bridgehead atoms. The highest BCUT2D eigenvalue weighted by Gasteiger charge is 2.20. The minimum absolute atomic E-state index is 0.285. The fourth-order valence-corrected chi connectivity index (χ4v) is 3.10. The van der Waals surface area contributed by atoms with Crippen LogP contribution in [0.15, 0.2) is 48.7 Å². The average molecular weight is 292 g/mol. The molecule has 0 unspecified atom stereocenters. The van der Waals surface area contributed by atoms with E-state index in [4.69, 9.17) is 0 Å². The van der Waals surface area contributed by atoms with Gasteiger partial charge in [0.15, 0.2) is 0 Å². The zero-order valence-corrected chi connectivity index (χ0v) is 12.7. The van der Waals surface area contributed by atoms with Gasteiger partial charge < -0.3 is 15.2 Å². The first-order valence-electron chi connectivity index (χ1n) is 7.75. The second kappa shape index (κ2) is 5.55. The number of piperazine rings is 1. The Morgan fingerprint density at radius 1 is 1.14 bits per heavy atom. The van der Waals surface area contributed by atoms with Crippen LogP contribution in [-0.4, -0.2) is 41.5 Å². The zero-order valence-electron chi connectivity index (χ0n) is 12.7. The summed E-state index contributed by atoms with van der Waals surface area (Å²) in [6.45, 7) is 3.09. The molecule has 1 atom stereocenters. The van der Waals surface area contributed by atoms with E-state index in [2.05, 4.69) is 69.7 Å². The van der Waals surface area contributed by atoms with Crippen molar-refractivity contribution in [3.63, 3.8) is 0 Å². The number of hydrogen-bond donors (Lipinski definition) is 2. The monoisotopic (exact) mass is 292 g/mol. The Morgan fingerprint density at radius 3 is 2.86 bits per heavy atom. The molecule has 4 rings (SSSR count). The van der Waals surface area contributed by atoms with Crippen LogP contribution in [0.25, 0.3) is 22.0 Å². The number of rotatable bonds is 2. The standard InChI is InChI=1S/C18H20N4/c1-22-9-8-19-17(12-22)18-20-11-16(21-18)15-7-6-13-4-2-3-5-14(13)10-15/h2-7,10-11,17,19H,8-9,12H2,1H3,(H,20,21)/t17-/m0/s1. The van der Waals surface area contributed by atoms with Crippen LogP contribution in [0.3, 0.4) is 0 Å². The lowest BCUT2D eigenvalue weighted by Gasteiger charge is -2.29. The summed E-state index contributed by atoms with van der Waals surface area (Å²) < 4.78 is 0. The minimum Gasteiger partial charge on any atom is -0.341 e. The lowest BCUT2D eigenvalue weighted by Crippen LogP contribution is -2.44. The van der Waals surface area contributed by atoms with E-state index < -0.39 is 0 Å². The highest BCUT2D eigenvalue weighted by molar-refractivity contribution is 5.86. The normalized spacial score (nSPS) is 19.6. The second-order valence-corrected chi connectivity index (χ2v) is 6.01. The smallest absolute Gasteiger partial charge is 0.125 e. The molecular weight excluding hydrogens is 272 g/mol. The molecule has 4 heteroatoms. The predicted molar refractivity (Wildman–Crippen MR) is 89.8 cm³/mol. The molecule has 112 valence electrons. The lowest BCUT2D eigenvalue weighted by atomic mass is 10.1. The molecule has 1 aliphatic rings. The van der Waals surface area contributed by atoms with Gasteiger partial charge in [0.2, 0.25) is 0 Å². The highest BCUT2D eigenvalue weighted by atomic mass is 15.2. The molecular formula is C18H20N4. The third-order valence-corrected chi connectivity index (χ3v) is 4.36. The number of aromatic nitrogens is 2. The summed E-state index contributed by atoms with van der Waals surface area (Å²) in [4.78, 5) is 10.4. The fraction of sp³-hybridized carbons (Fsp3) is 0.278. The van der Waals surface area contributed by atoms with Crippen LogP contribution in [0.2, 0.25) is 0 Å². The first kappa shape index (κ1) is 13.5. The molecule has 0 aliphatic carbocycles. The maximum Gasteiger partial charge on any atom is 0.125 e. The number of imidazole rings is 1. The molecule has 1 aliphatic heterocycles. The summed E-state index contributed by atoms with van der Waals surface area (Å²) in [5, 5.41) is 6.05. The van der Waals surface area contributed by atoms with E-state index in [9.17, 15) is 0 Å². The average Bonchev–Trinajstić information content (AvgIpc) is 3.04. The van der Waals surface area contributed by atoms with E-state index in [1.54, 1.807) is 0 Å². The number of fused-ring (bicyclic) bond motifs is 1. The molecule has 1 aromatic heterocycles. The van der Waals surface area contributed by atoms with Gasteiger partial charge in [0.25, 0.3) is 0 Å². The summed E-state index contributed by atoms with van der Waals surface area (Å²) in [6.07, 6.45) is 1.94. The van der Waals surface area contributed by atoms with E-state index in [-0.39, 0.29) is 6.04 Å². The van der Waals surface area contributed by atoms with Crippen LogP contribution in [-0.2, 0) is 0 Å². The Morgan fingerprint density at radius 2 is 2.00 bits per heavy atom. The van der Waals surface area contributed by atoms with Gasteiger partial charge in [0.1, 0.15) is 5.82 Å². The second-order valence-electron chi connectivity index (χ2n) is 6.01. The molecule has 22 heavy (non-hydrogen) atoms. The van der Waals surface area contributed by atoms with Crippen molar-refractivity contribution in [3.05, 3.63) is 54.5 Å². The lowest BCUT2D eigenvalue weighted by molar-refractivity contribution is 0.236. The van der Waals surface area contributed by atoms with Crippen LogP contribution in [0.4, 0.5) is 0 Å². The van der Waals surface area contributed by atoms with Gasteiger partial charge in [0, 0.05) is 25.2 Å². The first-order valence-corrected chi connectivity index (χ1v) is 7.75. The van der Waals surface area contributed by atoms with Gasteiger partial charge in [0.05, 0.1) is 17.9 Å². The van der Waals surface area contributed by atoms with Crippen molar-refractivity contribution in [3.8, 4) is 11.3 Å². The highest BCUT2D eigenvalue weighted by Crippen LogP contribution is 2.24. The van der Waals surface area contributed by atoms with Gasteiger partial charge in [-0.3, -0.25) is 0 Å². The molecule has 2 aromatic carbocycles. The Labute approximate surface area is 130 Å². The Balaban J connectivity index is 1.64. The van der Waals surface area contributed by atoms with Crippen molar-refractivity contribution < 1.29 is 0 Å². The summed E-state index contributed by atoms with van der Waals surface area (Å²) in [5.41, 5.74) is 2.26. The fourth-order valence-electron chi connectivity index (χ4n) is 3.10. The number of nitrogens with one attached hydrogen (secondary N) is 2. The van der Waals surface area contributed by atoms with Crippen LogP contribution in [0.1, 0.15) is 11.9 Å². The quantitative estimate of drug-likeness (QED) is 0.763. The van der Waals surface area contributed by atoms with Crippen molar-refractivity contribution in [1.82, 2.24) is 20.2 Å². The predicted octanol–water partition coefficient (Wildman–Crippen LogP) is 2.81. The van der Waals surface area contributed by atoms with Gasteiger partial charge in [-0.05, 0) is 23.9 Å². The van der Waals surface area contributed by atoms with Crippen LogP contribution >= 0.6 is 0 Å². The van der Waals surface area contributed by atoms with Gasteiger partial charge in [-0.1, -0.05) is 36.4 Å². The van der Waals surface area contributed by atoms with Gasteiger partial charge in [-0.25, -0.2) is 4.98 Å². The topological polar surface area (TPSA) is 44.0 Å². The van der Waals surface area contributed by atoms with Crippen molar-refractivity contribution in [2.75, 3.05) is 26.7 Å². The molecule has 1 fully saturated rings. The number of hydrogen-bond acceptors (Lipinski definition) is 3. The Hall–Kier alpha value is -2.17. The maximum absolute atomic E-state index is 4.59. The van der Waals surface area contributed by atoms with Gasteiger partial charge in [-0.2, -0.15) is 0 Å². The number of H-pyrrole nitrogens is 1. The summed E-state index contributed by atoms with van der Waals surface area (Å²) in [6, 6.07) is 15.2. The largest absolute Gasteiger partial charge is 0.341 e. The van der Waals surface area contributed by atoms with E-state index in [1.807, 2.05) is 6.20 Å². The third-order valence-electron chi connectivity index (χ3n) is 4.36. The van der Waals surface area contributed by atoms with E-state index in [0.717, 1.165) is 31.2 Å². The first-order chi connectivity index (χ1) is 10.8. The van der Waals surface area contributed by atoms with Crippen LogP contribution in [0.5, 0.6) is 0 Å². The molecule has 3 aromatic rings. The van der Waals surface area contributed by atoms with Crippen molar-refractivity contribution >= 4 is 10.8 Å². The van der Waals surface area contributed by atoms with Crippen molar-refractivity contribution in [2.45, 2.75) is 6.04 Å². The third kappa shape index (κ3) is 2.51. The van der Waals surface area contributed by atoms with Gasteiger partial charge in [-0.15, -0.1) is 0 Å². The number of aromatic amines is 1. The molecule has 0 spiro atoms. The molecule has 4 nitrogen and oxygen atoms in total. The number of nitrogens with zero attached hydrogens (tertiary/aromatic N) is 2. The van der Waals surface area contributed by atoms with Crippen molar-refractivity contribution in [1.29, 1.82) is 0 Å². The number of likely N-dealkylation sites (N-methyl/N-ethyl adjacent to an activating group) is 1. The van der Waals surface area contributed by atoms with Crippen LogP contribution < -0.4 is 5.32 Å². The SMILES string of the molecule is CN1CCN[C@H](c2ncc(-c3ccc4ccccc4c3)[nH]2)C1. The number of benzene rings is 2. The summed E-state index contributed by atoms with van der Waals surface area (Å²) in [5.74, 6) is 1.02. The maximum atomic E-state index is 4.59. The Kier molecular flexibility index (Phi) is 3.41. The molecule has 0 saturated carbocycles. The van der Waals surface area contributed by atoms with Crippen molar-refractivity contribution in [2.24, 2.45) is 0 Å². The molecule has 0 amide bonds. The van der Waals surface area contributed by atoms with E-state index in [1.165, 1.54) is 16.3 Å². The summed E-state index contributed by atoms with van der Waals surface area (Å²) >= 11 is 0. The van der Waals surface area contributed by atoms with E-state index >= 15 is 0 Å². The van der Waals surface area contributed by atoms with E-state index in [0.29, 0.717) is 0 Å². The molecule has 0 radical (unpaired) electrons. The minimum atomic E-state index is 0.285. The Bertz CT molecular complexity index is 792. The molecule has 2 heterocycles. The summed E-state index contributed by atoms with van der Waals surface area (Å²) in [7, 11) is 2.15. The van der Waals surface area contributed by atoms with Gasteiger partial charge >= 0.3 is 0 Å². The molecule has 1 saturated heterocycles. The molecule has 2 N–H and O–H groups in total. The van der Waals surface area contributed by atoms with Crippen LogP contribution in [0, 0.1) is 0 Å².